The summed E-state index contributed by atoms with van der Waals surface area (Å²) in [6.45, 7) is 9.64. The van der Waals surface area contributed by atoms with Crippen molar-refractivity contribution in [2.24, 2.45) is 0 Å². The van der Waals surface area contributed by atoms with Gasteiger partial charge >= 0.3 is 12.1 Å². The molecular formula is C21H28N2O6S. The number of carbonyl (C=O) groups is 2. The summed E-state index contributed by atoms with van der Waals surface area (Å²) in [4.78, 5) is 37.4. The summed E-state index contributed by atoms with van der Waals surface area (Å²) in [5.41, 5.74) is -0.967. The second-order valence-electron chi connectivity index (χ2n) is 7.45. The van der Waals surface area contributed by atoms with Crippen LogP contribution in [-0.4, -0.2) is 46.2 Å². The van der Waals surface area contributed by atoms with Gasteiger partial charge in [-0.3, -0.25) is 4.79 Å². The minimum Gasteiger partial charge on any atom is -0.506 e. The molecule has 2 aromatic rings. The molecule has 1 heterocycles. The monoisotopic (exact) mass is 436 g/mol. The fraction of sp³-hybridized carbons (Fsp3) is 0.476. The lowest BCUT2D eigenvalue weighted by Crippen LogP contribution is -2.33. The van der Waals surface area contributed by atoms with Crippen LogP contribution in [0.4, 0.5) is 4.79 Å². The molecule has 0 spiro atoms. The van der Waals surface area contributed by atoms with Crippen molar-refractivity contribution in [1.82, 2.24) is 9.88 Å². The fourth-order valence-corrected chi connectivity index (χ4v) is 3.65. The van der Waals surface area contributed by atoms with Gasteiger partial charge in [0.05, 0.1) is 12.1 Å². The van der Waals surface area contributed by atoms with Gasteiger partial charge in [0.25, 0.3) is 5.56 Å². The molecule has 0 aliphatic carbocycles. The van der Waals surface area contributed by atoms with Gasteiger partial charge in [0.15, 0.2) is 5.56 Å². The van der Waals surface area contributed by atoms with Crippen LogP contribution in [0.15, 0.2) is 27.9 Å². The normalized spacial score (nSPS) is 11.4. The summed E-state index contributed by atoms with van der Waals surface area (Å²) in [7, 11) is 0. The minimum atomic E-state index is -0.844. The minimum absolute atomic E-state index is 0.0996. The maximum atomic E-state index is 12.7. The SMILES string of the molecule is CCOC(=O)c1c(O)c2cc(SCCNC(=O)OC(C)(C)C)ccc2n(CC)c1=O. The number of amides is 1. The van der Waals surface area contributed by atoms with Crippen molar-refractivity contribution in [2.45, 2.75) is 51.7 Å². The highest BCUT2D eigenvalue weighted by molar-refractivity contribution is 7.99. The molecule has 0 aliphatic rings. The van der Waals surface area contributed by atoms with Gasteiger partial charge in [-0.1, -0.05) is 0 Å². The van der Waals surface area contributed by atoms with E-state index >= 15 is 0 Å². The maximum absolute atomic E-state index is 12.7. The fourth-order valence-electron chi connectivity index (χ4n) is 2.85. The number of aryl methyl sites for hydroxylation is 1. The number of aromatic nitrogens is 1. The number of ether oxygens (including phenoxy) is 2. The molecular weight excluding hydrogens is 408 g/mol. The van der Waals surface area contributed by atoms with E-state index in [0.717, 1.165) is 4.90 Å². The molecule has 1 aromatic heterocycles. The predicted octanol–water partition coefficient (Wildman–Crippen LogP) is 3.52. The number of benzene rings is 1. The van der Waals surface area contributed by atoms with Gasteiger partial charge < -0.3 is 24.5 Å². The molecule has 9 heteroatoms. The number of hydrogen-bond donors (Lipinski definition) is 2. The summed E-state index contributed by atoms with van der Waals surface area (Å²) in [6.07, 6.45) is -0.481. The van der Waals surface area contributed by atoms with Gasteiger partial charge in [0.2, 0.25) is 0 Å². The quantitative estimate of drug-likeness (QED) is 0.388. The largest absolute Gasteiger partial charge is 0.506 e. The zero-order valence-electron chi connectivity index (χ0n) is 17.9. The standard InChI is InChI=1S/C21H28N2O6S/c1-6-23-15-9-8-13(30-11-10-22-20(27)29-21(3,4)5)12-14(15)17(24)16(18(23)25)19(26)28-7-2/h8-9,12,24H,6-7,10-11H2,1-5H3,(H,22,27). The lowest BCUT2D eigenvalue weighted by Gasteiger charge is -2.19. The average molecular weight is 437 g/mol. The summed E-state index contributed by atoms with van der Waals surface area (Å²) in [5.74, 6) is -0.653. The Morgan fingerprint density at radius 2 is 1.93 bits per heavy atom. The Balaban J connectivity index is 2.23. The molecule has 2 N–H and O–H groups in total. The van der Waals surface area contributed by atoms with E-state index in [9.17, 15) is 19.5 Å². The molecule has 0 fully saturated rings. The predicted molar refractivity (Wildman–Crippen MR) is 116 cm³/mol. The van der Waals surface area contributed by atoms with E-state index in [-0.39, 0.29) is 17.9 Å². The number of alkyl carbamates (subject to hydrolysis) is 1. The molecule has 1 aromatic carbocycles. The second kappa shape index (κ2) is 9.88. The number of carbonyl (C=O) groups excluding carboxylic acids is 2. The molecule has 0 bridgehead atoms. The van der Waals surface area contributed by atoms with E-state index in [2.05, 4.69) is 5.32 Å². The number of fused-ring (bicyclic) bond motifs is 1. The summed E-state index contributed by atoms with van der Waals surface area (Å²) in [6, 6.07) is 5.28. The van der Waals surface area contributed by atoms with Crippen molar-refractivity contribution in [3.8, 4) is 5.75 Å². The zero-order valence-corrected chi connectivity index (χ0v) is 18.7. The van der Waals surface area contributed by atoms with Crippen LogP contribution in [0.25, 0.3) is 10.9 Å². The number of nitrogens with one attached hydrogen (secondary N) is 1. The number of aromatic hydroxyl groups is 1. The van der Waals surface area contributed by atoms with E-state index in [4.69, 9.17) is 9.47 Å². The smallest absolute Gasteiger partial charge is 0.407 e. The molecule has 0 saturated carbocycles. The Kier molecular flexibility index (Phi) is 7.77. The van der Waals surface area contributed by atoms with Crippen molar-refractivity contribution >= 4 is 34.7 Å². The third-order valence-electron chi connectivity index (χ3n) is 4.04. The van der Waals surface area contributed by atoms with E-state index in [1.54, 1.807) is 46.8 Å². The molecule has 1 amide bonds. The molecule has 164 valence electrons. The highest BCUT2D eigenvalue weighted by atomic mass is 32.2. The summed E-state index contributed by atoms with van der Waals surface area (Å²) in [5, 5.41) is 13.7. The molecule has 8 nitrogen and oxygen atoms in total. The van der Waals surface area contributed by atoms with Crippen molar-refractivity contribution in [3.05, 3.63) is 34.1 Å². The van der Waals surface area contributed by atoms with Crippen molar-refractivity contribution in [2.75, 3.05) is 18.9 Å². The van der Waals surface area contributed by atoms with Crippen molar-refractivity contribution in [3.63, 3.8) is 0 Å². The van der Waals surface area contributed by atoms with Gasteiger partial charge in [-0.2, -0.15) is 0 Å². The summed E-state index contributed by atoms with van der Waals surface area (Å²) >= 11 is 1.46. The zero-order chi connectivity index (χ0) is 22.5. The number of rotatable bonds is 7. The molecule has 0 unspecified atom stereocenters. The van der Waals surface area contributed by atoms with Crippen LogP contribution in [0.5, 0.6) is 5.75 Å². The van der Waals surface area contributed by atoms with Crippen LogP contribution < -0.4 is 10.9 Å². The third kappa shape index (κ3) is 5.69. The van der Waals surface area contributed by atoms with E-state index in [1.807, 2.05) is 6.07 Å². The van der Waals surface area contributed by atoms with Crippen LogP contribution in [0.3, 0.4) is 0 Å². The van der Waals surface area contributed by atoms with Crippen LogP contribution >= 0.6 is 11.8 Å². The highest BCUT2D eigenvalue weighted by Gasteiger charge is 2.23. The maximum Gasteiger partial charge on any atom is 0.407 e. The van der Waals surface area contributed by atoms with Crippen LogP contribution in [0.2, 0.25) is 0 Å². The van der Waals surface area contributed by atoms with Gasteiger partial charge in [0.1, 0.15) is 11.4 Å². The molecule has 0 atom stereocenters. The number of esters is 1. The number of thioether (sulfide) groups is 1. The Bertz CT molecular complexity index is 994. The van der Waals surface area contributed by atoms with Gasteiger partial charge in [0, 0.05) is 29.1 Å². The number of pyridine rings is 1. The Morgan fingerprint density at radius 1 is 1.23 bits per heavy atom. The van der Waals surface area contributed by atoms with E-state index < -0.39 is 23.2 Å². The second-order valence-corrected chi connectivity index (χ2v) is 8.62. The van der Waals surface area contributed by atoms with Crippen molar-refractivity contribution < 1.29 is 24.2 Å². The third-order valence-corrected chi connectivity index (χ3v) is 5.04. The van der Waals surface area contributed by atoms with E-state index in [0.29, 0.717) is 29.7 Å². The van der Waals surface area contributed by atoms with Crippen LogP contribution in [-0.2, 0) is 16.0 Å². The topological polar surface area (TPSA) is 107 Å². The number of hydrogen-bond acceptors (Lipinski definition) is 7. The van der Waals surface area contributed by atoms with Gasteiger partial charge in [-0.05, 0) is 52.8 Å². The average Bonchev–Trinajstić information content (AvgIpc) is 2.65. The first-order valence-corrected chi connectivity index (χ1v) is 10.7. The van der Waals surface area contributed by atoms with Crippen molar-refractivity contribution in [1.29, 1.82) is 0 Å². The Hall–Kier alpha value is -2.68. The van der Waals surface area contributed by atoms with Crippen LogP contribution in [0.1, 0.15) is 45.0 Å². The Labute approximate surface area is 179 Å². The van der Waals surface area contributed by atoms with Crippen LogP contribution in [0, 0.1) is 0 Å². The lowest BCUT2D eigenvalue weighted by molar-refractivity contribution is 0.0514. The highest BCUT2D eigenvalue weighted by Crippen LogP contribution is 2.31. The first kappa shape index (κ1) is 23.6. The van der Waals surface area contributed by atoms with Gasteiger partial charge in [-0.25, -0.2) is 9.59 Å². The Morgan fingerprint density at radius 3 is 2.53 bits per heavy atom. The first-order chi connectivity index (χ1) is 14.1. The first-order valence-electron chi connectivity index (χ1n) is 9.75. The molecule has 30 heavy (non-hydrogen) atoms. The summed E-state index contributed by atoms with van der Waals surface area (Å²) < 4.78 is 11.6. The van der Waals surface area contributed by atoms with Gasteiger partial charge in [-0.15, -0.1) is 11.8 Å². The lowest BCUT2D eigenvalue weighted by atomic mass is 10.1. The molecule has 2 rings (SSSR count). The van der Waals surface area contributed by atoms with E-state index in [1.165, 1.54) is 16.3 Å². The molecule has 0 saturated heterocycles. The molecule has 0 radical (unpaired) electrons. The molecule has 0 aliphatic heterocycles. The number of nitrogens with zero attached hydrogens (tertiary/aromatic N) is 1.